The second-order valence-electron chi connectivity index (χ2n) is 6.59. The Balaban J connectivity index is 2.16. The first-order valence-corrected chi connectivity index (χ1v) is 8.45. The smallest absolute Gasteiger partial charge is 0.323 e. The molecule has 0 amide bonds. The number of ether oxygens (including phenoxy) is 2. The molecule has 2 aromatic rings. The minimum Gasteiger partial charge on any atom is -0.465 e. The first kappa shape index (κ1) is 20.4. The minimum absolute atomic E-state index is 0.0118. The van der Waals surface area contributed by atoms with Crippen molar-refractivity contribution in [3.8, 4) is 0 Å². The molecule has 2 aromatic heterocycles. The second-order valence-corrected chi connectivity index (χ2v) is 6.59. The maximum atomic E-state index is 12.0. The number of nitrogens with one attached hydrogen (secondary N) is 1. The van der Waals surface area contributed by atoms with Crippen molar-refractivity contribution >= 4 is 29.1 Å². The van der Waals surface area contributed by atoms with E-state index in [1.165, 1.54) is 13.3 Å². The maximum absolute atomic E-state index is 12.0. The van der Waals surface area contributed by atoms with Gasteiger partial charge in [-0.3, -0.25) is 19.4 Å². The number of aromatic amines is 1. The van der Waals surface area contributed by atoms with Crippen molar-refractivity contribution in [1.29, 1.82) is 0 Å². The maximum Gasteiger partial charge on any atom is 0.323 e. The van der Waals surface area contributed by atoms with Crippen LogP contribution in [-0.4, -0.2) is 50.7 Å². The molecule has 2 atom stereocenters. The molecule has 2 heterocycles. The molecule has 0 aliphatic heterocycles. The Morgan fingerprint density at radius 1 is 1.30 bits per heavy atom. The van der Waals surface area contributed by atoms with Crippen LogP contribution in [0.2, 0.25) is 0 Å². The molecule has 0 saturated carbocycles. The topological polar surface area (TPSA) is 168 Å². The number of H-pyrrole nitrogens is 1. The van der Waals surface area contributed by atoms with Crippen LogP contribution in [0.3, 0.4) is 0 Å². The summed E-state index contributed by atoms with van der Waals surface area (Å²) in [7, 11) is 0. The number of hydrogen-bond acceptors (Lipinski definition) is 9. The predicted molar refractivity (Wildman–Crippen MR) is 96.5 cm³/mol. The number of carbonyl (C=O) groups excluding carboxylic acids is 2. The zero-order chi connectivity index (χ0) is 20.1. The van der Waals surface area contributed by atoms with Crippen LogP contribution in [-0.2, 0) is 25.6 Å². The van der Waals surface area contributed by atoms with Crippen LogP contribution in [0, 0.1) is 11.8 Å². The highest BCUT2D eigenvalue weighted by Gasteiger charge is 2.22. The first-order valence-electron chi connectivity index (χ1n) is 8.45. The number of rotatable bonds is 8. The van der Waals surface area contributed by atoms with Crippen molar-refractivity contribution in [2.45, 2.75) is 33.4 Å². The Bertz CT molecular complexity index is 874. The van der Waals surface area contributed by atoms with E-state index in [2.05, 4.69) is 15.0 Å². The lowest BCUT2D eigenvalue weighted by Crippen LogP contribution is -2.38. The fraction of sp³-hybridized carbons (Fsp3) is 0.562. The number of fused-ring (bicyclic) bond motifs is 1. The van der Waals surface area contributed by atoms with Crippen molar-refractivity contribution in [2.24, 2.45) is 17.6 Å². The lowest BCUT2D eigenvalue weighted by molar-refractivity contribution is -0.150. The minimum atomic E-state index is -0.742. The number of nitrogen functional groups attached to an aromatic ring is 1. The van der Waals surface area contributed by atoms with Gasteiger partial charge in [-0.1, -0.05) is 13.8 Å². The summed E-state index contributed by atoms with van der Waals surface area (Å²) in [6.45, 7) is 5.14. The molecule has 27 heavy (non-hydrogen) atoms. The normalized spacial score (nSPS) is 13.5. The van der Waals surface area contributed by atoms with Crippen LogP contribution in [0.25, 0.3) is 11.2 Å². The standard InChI is InChI=1S/C16H24N6O5/c1-8(2)11(17)15(25)27-6-10(5-26-9(3)23)4-22-7-19-12-13(22)20-16(18)21-14(12)24/h7-8,10-11H,4-6,17H2,1-3H3,(H3,18,20,21,24)/t10?,11-/m0/s1. The number of nitrogens with zero attached hydrogens (tertiary/aromatic N) is 3. The summed E-state index contributed by atoms with van der Waals surface area (Å²) >= 11 is 0. The van der Waals surface area contributed by atoms with Crippen molar-refractivity contribution in [3.05, 3.63) is 16.7 Å². The molecule has 0 aliphatic carbocycles. The van der Waals surface area contributed by atoms with E-state index in [0.29, 0.717) is 0 Å². The molecule has 148 valence electrons. The number of anilines is 1. The van der Waals surface area contributed by atoms with Crippen LogP contribution in [0.4, 0.5) is 5.95 Å². The van der Waals surface area contributed by atoms with Gasteiger partial charge in [-0.05, 0) is 5.92 Å². The summed E-state index contributed by atoms with van der Waals surface area (Å²) in [5.41, 5.74) is 11.3. The monoisotopic (exact) mass is 380 g/mol. The molecule has 0 spiro atoms. The number of imidazole rings is 1. The van der Waals surface area contributed by atoms with Gasteiger partial charge in [0.15, 0.2) is 11.2 Å². The molecule has 5 N–H and O–H groups in total. The SMILES string of the molecule is CC(=O)OCC(COC(=O)[C@@H](N)C(C)C)Cn1cnc2c(=O)[nH]c(N)nc21. The first-order chi connectivity index (χ1) is 12.7. The van der Waals surface area contributed by atoms with Gasteiger partial charge in [0.1, 0.15) is 6.04 Å². The summed E-state index contributed by atoms with van der Waals surface area (Å²) in [5, 5.41) is 0. The Morgan fingerprint density at radius 2 is 1.96 bits per heavy atom. The van der Waals surface area contributed by atoms with Gasteiger partial charge < -0.3 is 25.5 Å². The number of esters is 2. The molecular weight excluding hydrogens is 356 g/mol. The highest BCUT2D eigenvalue weighted by Crippen LogP contribution is 2.12. The van der Waals surface area contributed by atoms with Gasteiger partial charge in [0.05, 0.1) is 19.5 Å². The number of aromatic nitrogens is 4. The molecule has 2 rings (SSSR count). The summed E-state index contributed by atoms with van der Waals surface area (Å²) in [4.78, 5) is 45.5. The molecule has 0 radical (unpaired) electrons. The van der Waals surface area contributed by atoms with Gasteiger partial charge in [-0.15, -0.1) is 0 Å². The zero-order valence-corrected chi connectivity index (χ0v) is 15.5. The molecule has 11 heteroatoms. The average molecular weight is 380 g/mol. The molecular formula is C16H24N6O5. The van der Waals surface area contributed by atoms with Crippen LogP contribution in [0.5, 0.6) is 0 Å². The van der Waals surface area contributed by atoms with E-state index in [-0.39, 0.29) is 42.8 Å². The third-order valence-corrected chi connectivity index (χ3v) is 3.92. The lowest BCUT2D eigenvalue weighted by atomic mass is 10.1. The van der Waals surface area contributed by atoms with E-state index < -0.39 is 29.5 Å². The third kappa shape index (κ3) is 5.26. The van der Waals surface area contributed by atoms with E-state index in [0.717, 1.165) is 0 Å². The molecule has 11 nitrogen and oxygen atoms in total. The highest BCUT2D eigenvalue weighted by atomic mass is 16.5. The summed E-state index contributed by atoms with van der Waals surface area (Å²) in [6, 6.07) is -0.742. The van der Waals surface area contributed by atoms with E-state index in [9.17, 15) is 14.4 Å². The van der Waals surface area contributed by atoms with Crippen molar-refractivity contribution < 1.29 is 19.1 Å². The predicted octanol–water partition coefficient (Wildman–Crippen LogP) is -0.592. The fourth-order valence-electron chi connectivity index (χ4n) is 2.34. The summed E-state index contributed by atoms with van der Waals surface area (Å²) < 4.78 is 11.9. The number of hydrogen-bond donors (Lipinski definition) is 3. The number of carbonyl (C=O) groups is 2. The average Bonchev–Trinajstić information content (AvgIpc) is 2.98. The van der Waals surface area contributed by atoms with Gasteiger partial charge in [-0.25, -0.2) is 4.98 Å². The van der Waals surface area contributed by atoms with Gasteiger partial charge in [-0.2, -0.15) is 4.98 Å². The van der Waals surface area contributed by atoms with E-state index in [1.54, 1.807) is 4.57 Å². The third-order valence-electron chi connectivity index (χ3n) is 3.92. The van der Waals surface area contributed by atoms with E-state index in [4.69, 9.17) is 20.9 Å². The zero-order valence-electron chi connectivity index (χ0n) is 15.5. The highest BCUT2D eigenvalue weighted by molar-refractivity contribution is 5.75. The molecule has 0 fully saturated rings. The van der Waals surface area contributed by atoms with Crippen LogP contribution < -0.4 is 17.0 Å². The Morgan fingerprint density at radius 3 is 2.59 bits per heavy atom. The molecule has 0 aliphatic rings. The van der Waals surface area contributed by atoms with Gasteiger partial charge in [0, 0.05) is 19.4 Å². The molecule has 0 bridgehead atoms. The van der Waals surface area contributed by atoms with Crippen molar-refractivity contribution in [2.75, 3.05) is 18.9 Å². The van der Waals surface area contributed by atoms with Crippen LogP contribution in [0.15, 0.2) is 11.1 Å². The summed E-state index contributed by atoms with van der Waals surface area (Å²) in [5.74, 6) is -1.50. The van der Waals surface area contributed by atoms with Crippen LogP contribution in [0.1, 0.15) is 20.8 Å². The second kappa shape index (κ2) is 8.62. The van der Waals surface area contributed by atoms with Crippen molar-refractivity contribution in [1.82, 2.24) is 19.5 Å². The van der Waals surface area contributed by atoms with Crippen LogP contribution >= 0.6 is 0 Å². The molecule has 0 saturated heterocycles. The lowest BCUT2D eigenvalue weighted by Gasteiger charge is -2.20. The number of nitrogens with two attached hydrogens (primary N) is 2. The molecule has 0 aromatic carbocycles. The van der Waals surface area contributed by atoms with Gasteiger partial charge in [0.2, 0.25) is 5.95 Å². The Labute approximate surface area is 155 Å². The van der Waals surface area contributed by atoms with Crippen molar-refractivity contribution in [3.63, 3.8) is 0 Å². The molecule has 1 unspecified atom stereocenters. The Hall–Kier alpha value is -2.95. The fourth-order valence-corrected chi connectivity index (χ4v) is 2.34. The quantitative estimate of drug-likeness (QED) is 0.507. The van der Waals surface area contributed by atoms with E-state index in [1.807, 2.05) is 13.8 Å². The largest absolute Gasteiger partial charge is 0.465 e. The Kier molecular flexibility index (Phi) is 6.50. The van der Waals surface area contributed by atoms with E-state index >= 15 is 0 Å². The van der Waals surface area contributed by atoms with Gasteiger partial charge in [0.25, 0.3) is 5.56 Å². The van der Waals surface area contributed by atoms with Gasteiger partial charge >= 0.3 is 11.9 Å². The summed E-state index contributed by atoms with van der Waals surface area (Å²) in [6.07, 6.45) is 1.43.